The molecular weight excluding hydrogens is 322 g/mol. The van der Waals surface area contributed by atoms with Crippen molar-refractivity contribution in [1.82, 2.24) is 14.7 Å². The van der Waals surface area contributed by atoms with E-state index in [0.717, 1.165) is 5.56 Å². The Morgan fingerprint density at radius 2 is 1.64 bits per heavy atom. The number of hydrogen-bond donors (Lipinski definition) is 2. The predicted octanol–water partition coefficient (Wildman–Crippen LogP) is 1.61. The van der Waals surface area contributed by atoms with Crippen LogP contribution in [0.4, 0.5) is 11.4 Å². The molecule has 8 nitrogen and oxygen atoms in total. The van der Waals surface area contributed by atoms with Crippen LogP contribution in [-0.4, -0.2) is 39.4 Å². The molecular formula is C17H21N5O3. The number of anilines is 2. The minimum atomic E-state index is -0.262. The highest BCUT2D eigenvalue weighted by atomic mass is 16.2. The minimum Gasteiger partial charge on any atom is -0.337 e. The number of aromatic nitrogens is 2. The van der Waals surface area contributed by atoms with E-state index in [-0.39, 0.29) is 17.7 Å². The monoisotopic (exact) mass is 343 g/mol. The molecule has 0 atom stereocenters. The fraction of sp³-hybridized carbons (Fsp3) is 0.294. The third-order valence-corrected chi connectivity index (χ3v) is 3.35. The summed E-state index contributed by atoms with van der Waals surface area (Å²) >= 11 is 0. The molecule has 0 saturated heterocycles. The number of benzene rings is 1. The van der Waals surface area contributed by atoms with Crippen molar-refractivity contribution in [1.29, 1.82) is 0 Å². The van der Waals surface area contributed by atoms with Gasteiger partial charge in [0.25, 0.3) is 5.91 Å². The Morgan fingerprint density at radius 3 is 2.08 bits per heavy atom. The molecule has 0 unspecified atom stereocenters. The lowest BCUT2D eigenvalue weighted by Crippen LogP contribution is -2.26. The van der Waals surface area contributed by atoms with Crippen LogP contribution >= 0.6 is 0 Å². The zero-order valence-corrected chi connectivity index (χ0v) is 14.7. The summed E-state index contributed by atoms with van der Waals surface area (Å²) in [5.74, 6) is -0.758. The van der Waals surface area contributed by atoms with Gasteiger partial charge in [-0.15, -0.1) is 0 Å². The molecule has 0 fully saturated rings. The topological polar surface area (TPSA) is 96.3 Å². The van der Waals surface area contributed by atoms with Gasteiger partial charge in [-0.3, -0.25) is 19.1 Å². The van der Waals surface area contributed by atoms with Gasteiger partial charge in [-0.25, -0.2) is 0 Å². The number of hydrogen-bond acceptors (Lipinski definition) is 4. The summed E-state index contributed by atoms with van der Waals surface area (Å²) in [6, 6.07) is 4.75. The normalized spacial score (nSPS) is 10.2. The van der Waals surface area contributed by atoms with E-state index >= 15 is 0 Å². The molecule has 2 aromatic rings. The largest absolute Gasteiger partial charge is 0.337 e. The van der Waals surface area contributed by atoms with Crippen molar-refractivity contribution in [3.8, 4) is 0 Å². The molecule has 1 aromatic heterocycles. The molecule has 0 saturated carbocycles. The van der Waals surface area contributed by atoms with Gasteiger partial charge < -0.3 is 15.5 Å². The zero-order valence-electron chi connectivity index (χ0n) is 14.7. The highest BCUT2D eigenvalue weighted by Gasteiger charge is 2.15. The first-order valence-electron chi connectivity index (χ1n) is 7.68. The van der Waals surface area contributed by atoms with Gasteiger partial charge in [-0.2, -0.15) is 5.10 Å². The molecule has 0 bridgehead atoms. The van der Waals surface area contributed by atoms with E-state index in [1.165, 1.54) is 13.8 Å². The maximum atomic E-state index is 12.7. The average Bonchev–Trinajstić information content (AvgIpc) is 2.89. The van der Waals surface area contributed by atoms with Gasteiger partial charge in [0.1, 0.15) is 0 Å². The lowest BCUT2D eigenvalue weighted by atomic mass is 10.1. The second kappa shape index (κ2) is 7.61. The summed E-state index contributed by atoms with van der Waals surface area (Å²) in [5.41, 5.74) is 2.15. The lowest BCUT2D eigenvalue weighted by molar-refractivity contribution is -0.115. The number of carbonyl (C=O) groups excluding carboxylic acids is 3. The fourth-order valence-corrected chi connectivity index (χ4v) is 2.42. The predicted molar refractivity (Wildman–Crippen MR) is 94.1 cm³/mol. The van der Waals surface area contributed by atoms with Crippen LogP contribution in [0.5, 0.6) is 0 Å². The second-order valence-electron chi connectivity index (χ2n) is 5.84. The van der Waals surface area contributed by atoms with E-state index in [2.05, 4.69) is 15.7 Å². The Hall–Kier alpha value is -3.16. The smallest absolute Gasteiger partial charge is 0.254 e. The van der Waals surface area contributed by atoms with Gasteiger partial charge in [0, 0.05) is 63.2 Å². The van der Waals surface area contributed by atoms with Crippen molar-refractivity contribution in [2.24, 2.45) is 7.05 Å². The summed E-state index contributed by atoms with van der Waals surface area (Å²) in [5, 5.41) is 9.34. The first-order valence-corrected chi connectivity index (χ1v) is 7.68. The first-order chi connectivity index (χ1) is 11.7. The Kier molecular flexibility index (Phi) is 5.53. The van der Waals surface area contributed by atoms with E-state index in [1.807, 2.05) is 13.2 Å². The molecule has 132 valence electrons. The van der Waals surface area contributed by atoms with Crippen LogP contribution in [-0.2, 0) is 23.2 Å². The summed E-state index contributed by atoms with van der Waals surface area (Å²) < 4.78 is 1.67. The van der Waals surface area contributed by atoms with Crippen LogP contribution in [0.25, 0.3) is 0 Å². The summed E-state index contributed by atoms with van der Waals surface area (Å²) in [6.07, 6.45) is 3.53. The van der Waals surface area contributed by atoms with Gasteiger partial charge in [-0.05, 0) is 18.2 Å². The zero-order chi connectivity index (χ0) is 18.6. The van der Waals surface area contributed by atoms with Crippen LogP contribution in [0.1, 0.15) is 29.8 Å². The standard InChI is InChI=1S/C17H21N5O3/c1-11(23)19-15-5-14(6-16(7-15)20-12(2)24)17(25)21(3)9-13-8-18-22(4)10-13/h5-8,10H,9H2,1-4H3,(H,19,23)(H,20,24). The Morgan fingerprint density at radius 1 is 1.08 bits per heavy atom. The number of amides is 3. The molecule has 3 amide bonds. The Labute approximate surface area is 145 Å². The molecule has 25 heavy (non-hydrogen) atoms. The summed E-state index contributed by atoms with van der Waals surface area (Å²) in [6.45, 7) is 3.15. The van der Waals surface area contributed by atoms with Crippen molar-refractivity contribution in [2.75, 3.05) is 17.7 Å². The van der Waals surface area contributed by atoms with Gasteiger partial charge >= 0.3 is 0 Å². The molecule has 0 aliphatic heterocycles. The van der Waals surface area contributed by atoms with Crippen LogP contribution < -0.4 is 10.6 Å². The number of nitrogens with one attached hydrogen (secondary N) is 2. The third-order valence-electron chi connectivity index (χ3n) is 3.35. The van der Waals surface area contributed by atoms with Gasteiger partial charge in [0.05, 0.1) is 6.20 Å². The van der Waals surface area contributed by atoms with E-state index in [9.17, 15) is 14.4 Å². The number of rotatable bonds is 5. The lowest BCUT2D eigenvalue weighted by Gasteiger charge is -2.18. The maximum Gasteiger partial charge on any atom is 0.254 e. The van der Waals surface area contributed by atoms with E-state index < -0.39 is 0 Å². The molecule has 0 spiro atoms. The SMILES string of the molecule is CC(=O)Nc1cc(NC(C)=O)cc(C(=O)N(C)Cc2cnn(C)c2)c1. The minimum absolute atomic E-state index is 0.234. The highest BCUT2D eigenvalue weighted by molar-refractivity contribution is 5.99. The molecule has 2 N–H and O–H groups in total. The second-order valence-corrected chi connectivity index (χ2v) is 5.84. The van der Waals surface area contributed by atoms with E-state index in [4.69, 9.17) is 0 Å². The highest BCUT2D eigenvalue weighted by Crippen LogP contribution is 2.21. The number of nitrogens with zero attached hydrogens (tertiary/aromatic N) is 3. The van der Waals surface area contributed by atoms with Crippen LogP contribution in [0.3, 0.4) is 0 Å². The third kappa shape index (κ3) is 5.17. The maximum absolute atomic E-state index is 12.7. The van der Waals surface area contributed by atoms with E-state index in [1.54, 1.807) is 41.0 Å². The molecule has 0 aliphatic carbocycles. The molecule has 0 radical (unpaired) electrons. The van der Waals surface area contributed by atoms with Crippen LogP contribution in [0.15, 0.2) is 30.6 Å². The fourth-order valence-electron chi connectivity index (χ4n) is 2.42. The molecule has 0 aliphatic rings. The Bertz CT molecular complexity index is 778. The quantitative estimate of drug-likeness (QED) is 0.862. The molecule has 1 heterocycles. The number of carbonyl (C=O) groups is 3. The van der Waals surface area contributed by atoms with Crippen LogP contribution in [0, 0.1) is 0 Å². The molecule has 2 rings (SSSR count). The average molecular weight is 343 g/mol. The molecule has 8 heteroatoms. The summed E-state index contributed by atoms with van der Waals surface area (Å²) in [7, 11) is 3.49. The van der Waals surface area contributed by atoms with Gasteiger partial charge in [0.2, 0.25) is 11.8 Å². The van der Waals surface area contributed by atoms with Gasteiger partial charge in [0.15, 0.2) is 0 Å². The van der Waals surface area contributed by atoms with Crippen molar-refractivity contribution < 1.29 is 14.4 Å². The number of aryl methyl sites for hydroxylation is 1. The van der Waals surface area contributed by atoms with Crippen molar-refractivity contribution in [3.63, 3.8) is 0 Å². The van der Waals surface area contributed by atoms with Crippen molar-refractivity contribution in [2.45, 2.75) is 20.4 Å². The van der Waals surface area contributed by atoms with Crippen molar-refractivity contribution >= 4 is 29.1 Å². The van der Waals surface area contributed by atoms with Gasteiger partial charge in [-0.1, -0.05) is 0 Å². The summed E-state index contributed by atoms with van der Waals surface area (Å²) in [4.78, 5) is 36.9. The molecule has 1 aromatic carbocycles. The first kappa shape index (κ1) is 18.2. The van der Waals surface area contributed by atoms with E-state index in [0.29, 0.717) is 23.5 Å². The Balaban J connectivity index is 2.26. The van der Waals surface area contributed by atoms with Crippen LogP contribution in [0.2, 0.25) is 0 Å². The van der Waals surface area contributed by atoms with Crippen molar-refractivity contribution in [3.05, 3.63) is 41.7 Å².